The molecule has 4 nitrogen and oxygen atoms in total. The number of nitrogens with zero attached hydrogens (tertiary/aromatic N) is 2. The molecule has 0 fully saturated rings. The van der Waals surface area contributed by atoms with Crippen molar-refractivity contribution < 1.29 is 9.47 Å². The fourth-order valence-electron chi connectivity index (χ4n) is 12.4. The van der Waals surface area contributed by atoms with Crippen molar-refractivity contribution in [3.8, 4) is 0 Å². The van der Waals surface area contributed by atoms with Gasteiger partial charge >= 0.3 is 0 Å². The van der Waals surface area contributed by atoms with Gasteiger partial charge in [0.15, 0.2) is 0 Å². The van der Waals surface area contributed by atoms with Crippen LogP contribution in [0.15, 0.2) is 179 Å². The second-order valence-corrected chi connectivity index (χ2v) is 27.7. The largest absolute Gasteiger partial charge is 0.359 e. The van der Waals surface area contributed by atoms with Gasteiger partial charge in [-0.2, -0.15) is 0 Å². The first-order valence-corrected chi connectivity index (χ1v) is 28.9. The Labute approximate surface area is 448 Å². The van der Waals surface area contributed by atoms with E-state index in [-0.39, 0.29) is 36.5 Å². The third-order valence-corrected chi connectivity index (χ3v) is 20.4. The lowest BCUT2D eigenvalue weighted by Crippen LogP contribution is -2.62. The van der Waals surface area contributed by atoms with Crippen molar-refractivity contribution >= 4 is 127 Å². The van der Waals surface area contributed by atoms with E-state index in [4.69, 9.17) is 9.47 Å². The maximum atomic E-state index is 5.97. The maximum absolute atomic E-state index is 5.97. The highest BCUT2D eigenvalue weighted by atomic mass is 32.2. The van der Waals surface area contributed by atoms with Crippen LogP contribution in [-0.4, -0.2) is 27.3 Å². The maximum Gasteiger partial charge on any atom is 0.252 e. The van der Waals surface area contributed by atoms with Crippen LogP contribution in [0.25, 0.3) is 0 Å². The molecule has 0 saturated heterocycles. The zero-order valence-electron chi connectivity index (χ0n) is 42.9. The number of para-hydroxylation sites is 2. The van der Waals surface area contributed by atoms with Gasteiger partial charge in [-0.3, -0.25) is 0 Å². The molecule has 0 bridgehead atoms. The lowest BCUT2D eigenvalue weighted by molar-refractivity contribution is -0.0391. The van der Waals surface area contributed by atoms with E-state index in [0.717, 1.165) is 6.42 Å². The second-order valence-electron chi connectivity index (χ2n) is 23.4. The van der Waals surface area contributed by atoms with Crippen molar-refractivity contribution in [2.45, 2.75) is 124 Å². The summed E-state index contributed by atoms with van der Waals surface area (Å²) in [5, 5.41) is 0. The van der Waals surface area contributed by atoms with E-state index in [2.05, 4.69) is 205 Å². The standard InChI is InChI=1S/C63H56B2N2O2S4/c1-61(2,3)38-27-45-57-51(29-38)72-53-30-39(62(4,5)6)31-54-60(53)65(57)58-46(67(45)42-19-14-11-15-20-42)28-40(32-52(58)73-54)63(7,8)33-36-23-44-56-48(24-36)71-50-26-37(34-69-35-68-9)25-49-59(50)64(56)55-43(21-16-22-47(55)70-49)66(44)41-17-12-10-13-18-41/h10-32H,33-35H2,1-9H3. The van der Waals surface area contributed by atoms with Crippen LogP contribution in [-0.2, 0) is 38.7 Å². The zero-order chi connectivity index (χ0) is 49.9. The fourth-order valence-corrected chi connectivity index (χ4v) is 17.7. The van der Waals surface area contributed by atoms with Gasteiger partial charge in [-0.05, 0) is 180 Å². The van der Waals surface area contributed by atoms with E-state index >= 15 is 0 Å². The molecule has 360 valence electrons. The highest BCUT2D eigenvalue weighted by Gasteiger charge is 2.49. The van der Waals surface area contributed by atoms with Crippen LogP contribution in [0, 0.1) is 0 Å². The van der Waals surface area contributed by atoms with Crippen LogP contribution < -0.4 is 42.6 Å². The molecular formula is C63H56B2N2O2S4. The van der Waals surface area contributed by atoms with Gasteiger partial charge in [-0.25, -0.2) is 0 Å². The van der Waals surface area contributed by atoms with Crippen molar-refractivity contribution in [3.05, 3.63) is 167 Å². The molecule has 73 heavy (non-hydrogen) atoms. The molecule has 6 heterocycles. The molecule has 6 aliphatic rings. The number of anilines is 6. The molecule has 0 amide bonds. The summed E-state index contributed by atoms with van der Waals surface area (Å²) in [6, 6.07) is 54.2. The van der Waals surface area contributed by atoms with Crippen LogP contribution in [0.3, 0.4) is 0 Å². The summed E-state index contributed by atoms with van der Waals surface area (Å²) in [6.45, 7) is 20.2. The number of methoxy groups -OCH3 is 1. The highest BCUT2D eigenvalue weighted by molar-refractivity contribution is 8.02. The van der Waals surface area contributed by atoms with Gasteiger partial charge < -0.3 is 19.3 Å². The predicted octanol–water partition coefficient (Wildman–Crippen LogP) is 13.4. The molecule has 0 saturated carbocycles. The van der Waals surface area contributed by atoms with Crippen LogP contribution in [0.5, 0.6) is 0 Å². The van der Waals surface area contributed by atoms with Gasteiger partial charge in [0.2, 0.25) is 0 Å². The number of benzene rings is 8. The van der Waals surface area contributed by atoms with E-state index in [0.29, 0.717) is 6.61 Å². The summed E-state index contributed by atoms with van der Waals surface area (Å²) < 4.78 is 11.3. The normalized spacial score (nSPS) is 15.1. The first-order valence-electron chi connectivity index (χ1n) is 25.6. The van der Waals surface area contributed by atoms with Gasteiger partial charge in [0.05, 0.1) is 6.61 Å². The van der Waals surface area contributed by atoms with Crippen LogP contribution in [0.4, 0.5) is 34.1 Å². The van der Waals surface area contributed by atoms with Gasteiger partial charge in [-0.15, -0.1) is 0 Å². The molecule has 0 radical (unpaired) electrons. The Morgan fingerprint density at radius 1 is 0.411 bits per heavy atom. The topological polar surface area (TPSA) is 24.9 Å². The molecule has 0 N–H and O–H groups in total. The minimum atomic E-state index is -0.246. The minimum Gasteiger partial charge on any atom is -0.359 e. The average molecular weight is 1020 g/mol. The number of ether oxygens (including phenoxy) is 2. The summed E-state index contributed by atoms with van der Waals surface area (Å²) in [6.07, 6.45) is 0.866. The van der Waals surface area contributed by atoms with E-state index in [1.165, 1.54) is 134 Å². The molecule has 0 spiro atoms. The van der Waals surface area contributed by atoms with Crippen LogP contribution in [0.2, 0.25) is 0 Å². The molecule has 10 heteroatoms. The molecular weight excluding hydrogens is 967 g/mol. The van der Waals surface area contributed by atoms with E-state index in [1.807, 2.05) is 47.0 Å². The predicted molar refractivity (Wildman–Crippen MR) is 312 cm³/mol. The summed E-state index contributed by atoms with van der Waals surface area (Å²) in [5.74, 6) is 0. The molecule has 8 aromatic carbocycles. The number of hydrogen-bond donors (Lipinski definition) is 0. The Balaban J connectivity index is 0.951. The van der Waals surface area contributed by atoms with Crippen molar-refractivity contribution in [1.29, 1.82) is 0 Å². The van der Waals surface area contributed by atoms with Crippen LogP contribution >= 0.6 is 47.0 Å². The molecule has 8 aromatic rings. The van der Waals surface area contributed by atoms with Crippen molar-refractivity contribution in [3.63, 3.8) is 0 Å². The van der Waals surface area contributed by atoms with Gasteiger partial charge in [0.1, 0.15) is 6.79 Å². The van der Waals surface area contributed by atoms with Gasteiger partial charge in [0.25, 0.3) is 13.4 Å². The minimum absolute atomic E-state index is 0.0192. The van der Waals surface area contributed by atoms with Crippen molar-refractivity contribution in [1.82, 2.24) is 0 Å². The quantitative estimate of drug-likeness (QED) is 0.0801. The summed E-state index contributed by atoms with van der Waals surface area (Å²) >= 11 is 7.85. The molecule has 0 aromatic heterocycles. The molecule has 0 unspecified atom stereocenters. The first-order chi connectivity index (χ1) is 35.1. The average Bonchev–Trinajstić information content (AvgIpc) is 3.37. The second kappa shape index (κ2) is 16.7. The van der Waals surface area contributed by atoms with Crippen molar-refractivity contribution in [2.75, 3.05) is 23.7 Å². The molecule has 0 atom stereocenters. The Bertz CT molecular complexity index is 3660. The SMILES string of the molecule is COCOCc1cc2c3c(c1)Sc1cc(CC(C)(C)c4cc5c6c(c4)N(c4ccccc4)c4cc(C(C)(C)C)cc7c4B6c4c(cc(C(C)(C)C)cc4S5)S7)cc4c1B3c1c(cccc1N4c1ccccc1)S2. The smallest absolute Gasteiger partial charge is 0.252 e. The summed E-state index contributed by atoms with van der Waals surface area (Å²) in [5.41, 5.74) is 22.7. The summed E-state index contributed by atoms with van der Waals surface area (Å²) in [4.78, 5) is 16.1. The Morgan fingerprint density at radius 2 is 0.836 bits per heavy atom. The Morgan fingerprint density at radius 3 is 1.38 bits per heavy atom. The zero-order valence-corrected chi connectivity index (χ0v) is 46.2. The third-order valence-electron chi connectivity index (χ3n) is 16.0. The van der Waals surface area contributed by atoms with Gasteiger partial charge in [-0.1, -0.05) is 145 Å². The lowest BCUT2D eigenvalue weighted by Gasteiger charge is -2.45. The molecule has 0 aliphatic carbocycles. The molecule has 6 aliphatic heterocycles. The highest BCUT2D eigenvalue weighted by Crippen LogP contribution is 2.52. The Hall–Kier alpha value is -5.19. The first kappa shape index (κ1) is 46.3. The van der Waals surface area contributed by atoms with Gasteiger partial charge in [0, 0.05) is 80.4 Å². The lowest BCUT2D eigenvalue weighted by atomic mass is 9.34. The van der Waals surface area contributed by atoms with E-state index in [1.54, 1.807) is 7.11 Å². The Kier molecular flexibility index (Phi) is 10.6. The van der Waals surface area contributed by atoms with Crippen molar-refractivity contribution in [2.24, 2.45) is 0 Å². The number of rotatable bonds is 9. The third kappa shape index (κ3) is 7.24. The fraction of sp³-hybridized carbons (Fsp3) is 0.238. The summed E-state index contributed by atoms with van der Waals surface area (Å²) in [7, 11) is 1.69. The van der Waals surface area contributed by atoms with E-state index in [9.17, 15) is 0 Å². The number of hydrogen-bond acceptors (Lipinski definition) is 8. The van der Waals surface area contributed by atoms with Crippen LogP contribution in [0.1, 0.15) is 83.2 Å². The van der Waals surface area contributed by atoms with E-state index < -0.39 is 0 Å². The monoisotopic (exact) mass is 1020 g/mol. The molecule has 14 rings (SSSR count).